The number of aryl methyl sites for hydroxylation is 6. The molecule has 16 rings (SSSR count). The third kappa shape index (κ3) is 7.13. The molecule has 0 amide bonds. The van der Waals surface area contributed by atoms with Crippen LogP contribution in [0.3, 0.4) is 0 Å². The van der Waals surface area contributed by atoms with E-state index in [2.05, 4.69) is 256 Å². The molecule has 0 saturated carbocycles. The zero-order chi connectivity index (χ0) is 56.6. The molecule has 6 heteroatoms. The second-order valence-corrected chi connectivity index (χ2v) is 25.6. The minimum atomic E-state index is 0.341. The van der Waals surface area contributed by atoms with Crippen LogP contribution in [0.5, 0.6) is 0 Å². The molecule has 4 unspecified atom stereocenters. The van der Waals surface area contributed by atoms with Crippen molar-refractivity contribution in [2.45, 2.75) is 94.9 Å². The first-order chi connectivity index (χ1) is 40.2. The molecule has 0 N–H and O–H groups in total. The van der Waals surface area contributed by atoms with Gasteiger partial charge < -0.3 is 22.8 Å². The average molecular weight is 1080 g/mol. The fourth-order valence-electron chi connectivity index (χ4n) is 15.4. The Balaban J connectivity index is 1.28. The molecule has 6 nitrogen and oxygen atoms in total. The summed E-state index contributed by atoms with van der Waals surface area (Å²) >= 11 is 0. The summed E-state index contributed by atoms with van der Waals surface area (Å²) in [6.07, 6.45) is 22.8. The van der Waals surface area contributed by atoms with Gasteiger partial charge in [0, 0.05) is 55.1 Å². The molecule has 83 heavy (non-hydrogen) atoms. The van der Waals surface area contributed by atoms with Crippen molar-refractivity contribution in [3.05, 3.63) is 217 Å². The van der Waals surface area contributed by atoms with Crippen LogP contribution < -0.4 is 0 Å². The van der Waals surface area contributed by atoms with Crippen molar-refractivity contribution in [1.29, 1.82) is 5.26 Å². The smallest absolute Gasteiger partial charge is 0.105 e. The van der Waals surface area contributed by atoms with Crippen molar-refractivity contribution in [3.63, 3.8) is 0 Å². The number of rotatable bonds is 5. The van der Waals surface area contributed by atoms with Crippen LogP contribution in [0.25, 0.3) is 118 Å². The molecule has 7 aromatic carbocycles. The average Bonchev–Trinajstić information content (AvgIpc) is 2.20. The summed E-state index contributed by atoms with van der Waals surface area (Å²) in [5, 5.41) is 20.7. The fraction of sp³-hybridized carbons (Fsp3) is 0.234. The number of nitrogens with zero attached hydrogens (tertiary/aromatic N) is 6. The molecule has 5 heterocycles. The highest BCUT2D eigenvalue weighted by Gasteiger charge is 2.39. The summed E-state index contributed by atoms with van der Waals surface area (Å²) in [6.45, 7) is 22.7. The normalized spacial score (nSPS) is 18.1. The summed E-state index contributed by atoms with van der Waals surface area (Å²) in [7, 11) is 0. The Hall–Kier alpha value is -9.05. The maximum absolute atomic E-state index is 13.3. The molecule has 0 saturated heterocycles. The van der Waals surface area contributed by atoms with Crippen LogP contribution in [0.15, 0.2) is 133 Å². The van der Waals surface area contributed by atoms with Crippen molar-refractivity contribution in [2.24, 2.45) is 23.7 Å². The van der Waals surface area contributed by atoms with E-state index in [1.807, 2.05) is 0 Å². The van der Waals surface area contributed by atoms with Gasteiger partial charge in [0.25, 0.3) is 0 Å². The van der Waals surface area contributed by atoms with Crippen LogP contribution in [0.4, 0.5) is 0 Å². The lowest BCUT2D eigenvalue weighted by Crippen LogP contribution is -2.21. The van der Waals surface area contributed by atoms with Crippen molar-refractivity contribution < 1.29 is 0 Å². The topological polar surface area (TPSA) is 48.4 Å². The molecule has 4 aliphatic carbocycles. The quantitative estimate of drug-likeness (QED) is 0.169. The van der Waals surface area contributed by atoms with E-state index in [9.17, 15) is 5.26 Å². The van der Waals surface area contributed by atoms with Gasteiger partial charge >= 0.3 is 0 Å². The zero-order valence-corrected chi connectivity index (χ0v) is 49.3. The molecule has 0 fully saturated rings. The van der Waals surface area contributed by atoms with E-state index in [4.69, 9.17) is 0 Å². The van der Waals surface area contributed by atoms with E-state index in [-0.39, 0.29) is 0 Å². The molecule has 0 radical (unpaired) electrons. The second kappa shape index (κ2) is 18.0. The van der Waals surface area contributed by atoms with E-state index in [0.29, 0.717) is 29.2 Å². The highest BCUT2D eigenvalue weighted by molar-refractivity contribution is 6.12. The number of allylic oxidation sites excluding steroid dienone is 4. The first kappa shape index (κ1) is 49.7. The monoisotopic (exact) mass is 1080 g/mol. The van der Waals surface area contributed by atoms with Gasteiger partial charge in [0.15, 0.2) is 0 Å². The van der Waals surface area contributed by atoms with E-state index >= 15 is 0 Å². The van der Waals surface area contributed by atoms with E-state index in [1.54, 1.807) is 0 Å². The van der Waals surface area contributed by atoms with Gasteiger partial charge in [-0.05, 0) is 210 Å². The molecular weight excluding hydrogens is 1010 g/mol. The van der Waals surface area contributed by atoms with Crippen LogP contribution in [-0.4, -0.2) is 22.8 Å². The van der Waals surface area contributed by atoms with Gasteiger partial charge in [-0.1, -0.05) is 122 Å². The predicted octanol–water partition coefficient (Wildman–Crippen LogP) is 19.1. The molecule has 0 bridgehead atoms. The molecule has 5 aromatic heterocycles. The predicted molar refractivity (Wildman–Crippen MR) is 349 cm³/mol. The van der Waals surface area contributed by atoms with E-state index in [0.717, 1.165) is 110 Å². The van der Waals surface area contributed by atoms with Gasteiger partial charge in [-0.2, -0.15) is 5.26 Å². The first-order valence-corrected chi connectivity index (χ1v) is 30.2. The van der Waals surface area contributed by atoms with Gasteiger partial charge in [-0.15, -0.1) is 0 Å². The van der Waals surface area contributed by atoms with Gasteiger partial charge in [0.2, 0.25) is 0 Å². The van der Waals surface area contributed by atoms with Crippen LogP contribution in [-0.2, 0) is 25.7 Å². The standard InChI is InChI=1S/C77H68N6/c1-42-11-21-63-52(31-42)53-32-43(2)12-22-64(53)79(63)73-62(41-78)74(80-65-23-13-44(3)33-54(65)55-34-45(4)14-24-66(55)80)76(82-69-27-17-48(7)37-58(69)59-38-49(8)18-28-70(59)82)77(83-71-29-19-50(9)39-60(71)61-40-51(10)20-30-72(61)83)75(73)81-67-25-15-46(5)35-56(67)57-36-47(6)16-26-68(57)81/h11-31,33,35,37,39-40,43,45,47,49H,32,34,36,38H2,1-10H3. The number of hydrogen-bond donors (Lipinski definition) is 0. The minimum absolute atomic E-state index is 0.341. The highest BCUT2D eigenvalue weighted by atomic mass is 15.2. The molecule has 4 aliphatic rings. The van der Waals surface area contributed by atoms with Crippen molar-refractivity contribution in [2.75, 3.05) is 0 Å². The Kier molecular flexibility index (Phi) is 10.8. The van der Waals surface area contributed by atoms with Crippen LogP contribution in [0.2, 0.25) is 0 Å². The summed E-state index contributed by atoms with van der Waals surface area (Å²) in [5.41, 5.74) is 29.2. The van der Waals surface area contributed by atoms with Crippen LogP contribution >= 0.6 is 0 Å². The molecule has 0 aliphatic heterocycles. The molecule has 12 aromatic rings. The Morgan fingerprint density at radius 1 is 0.313 bits per heavy atom. The van der Waals surface area contributed by atoms with Gasteiger partial charge in [-0.3, -0.25) is 0 Å². The SMILES string of the molecule is Cc1ccc2c(c1)c1c(n2-c2c(C#N)c(-n3c4c(c5cc(C)ccc53)CC(C)C=C4)c(-n3c4c(c5cc(C)ccc53)CC(C)C=C4)c(-n3c4ccc(C)cc4c4cc(C)ccc43)c2-n2c3c(c4cc(C)ccc42)CC(C)C=C3)C=CC(C)C1. The van der Waals surface area contributed by atoms with Gasteiger partial charge in [0.05, 0.1) is 61.5 Å². The molecule has 406 valence electrons. The van der Waals surface area contributed by atoms with Crippen molar-refractivity contribution in [3.8, 4) is 34.5 Å². The Bertz CT molecular complexity index is 4760. The second-order valence-electron chi connectivity index (χ2n) is 25.6. The lowest BCUT2D eigenvalue weighted by Gasteiger charge is -2.31. The van der Waals surface area contributed by atoms with Crippen LogP contribution in [0, 0.1) is 76.5 Å². The number of hydrogen-bond acceptors (Lipinski definition) is 1. The lowest BCUT2D eigenvalue weighted by molar-refractivity contribution is 0.715. The van der Waals surface area contributed by atoms with Crippen molar-refractivity contribution >= 4 is 89.7 Å². The zero-order valence-electron chi connectivity index (χ0n) is 49.3. The summed E-state index contributed by atoms with van der Waals surface area (Å²) in [4.78, 5) is 0. The number of benzene rings is 7. The maximum atomic E-state index is 13.3. The van der Waals surface area contributed by atoms with Gasteiger partial charge in [-0.25, -0.2) is 0 Å². The molecule has 4 atom stereocenters. The van der Waals surface area contributed by atoms with E-state index in [1.165, 1.54) is 88.0 Å². The lowest BCUT2D eigenvalue weighted by atomic mass is 9.92. The summed E-state index contributed by atoms with van der Waals surface area (Å²) < 4.78 is 12.9. The fourth-order valence-corrected chi connectivity index (χ4v) is 15.4. The Labute approximate surface area is 485 Å². The largest absolute Gasteiger partial charge is 0.306 e. The number of aromatic nitrogens is 5. The highest BCUT2D eigenvalue weighted by Crippen LogP contribution is 2.53. The van der Waals surface area contributed by atoms with E-state index < -0.39 is 0 Å². The van der Waals surface area contributed by atoms with Gasteiger partial charge in [0.1, 0.15) is 11.6 Å². The molecule has 0 spiro atoms. The maximum Gasteiger partial charge on any atom is 0.105 e. The first-order valence-electron chi connectivity index (χ1n) is 30.2. The Morgan fingerprint density at radius 2 is 0.542 bits per heavy atom. The minimum Gasteiger partial charge on any atom is -0.306 e. The summed E-state index contributed by atoms with van der Waals surface area (Å²) in [6, 6.07) is 45.5. The number of fused-ring (bicyclic) bond motifs is 15. The van der Waals surface area contributed by atoms with Crippen molar-refractivity contribution in [1.82, 2.24) is 22.8 Å². The summed E-state index contributed by atoms with van der Waals surface area (Å²) in [5.74, 6) is 1.37. The Morgan fingerprint density at radius 3 is 0.807 bits per heavy atom. The number of nitriles is 1. The third-order valence-electron chi connectivity index (χ3n) is 19.2. The van der Waals surface area contributed by atoms with Crippen LogP contribution in [0.1, 0.15) is 112 Å². The molecular formula is C77H68N6. The third-order valence-corrected chi connectivity index (χ3v) is 19.2.